The molecule has 1 aliphatic rings. The van der Waals surface area contributed by atoms with Crippen LogP contribution in [0.5, 0.6) is 0 Å². The molecule has 0 fully saturated rings. The SMILES string of the molecule is [C-]1=C(Cc2ccccc2)C(C(c2ccccc2)c2ccccc2)=CC1.[Cl-].[Cl-].[Cl-].[Ti+4]. The van der Waals surface area contributed by atoms with E-state index in [0.717, 1.165) is 12.8 Å². The Bertz CT molecular complexity index is 852. The quantitative estimate of drug-likeness (QED) is 0.275. The van der Waals surface area contributed by atoms with E-state index in [9.17, 15) is 0 Å². The van der Waals surface area contributed by atoms with Crippen molar-refractivity contribution in [2.45, 2.75) is 18.8 Å². The molecule has 29 heavy (non-hydrogen) atoms. The fourth-order valence-electron chi connectivity index (χ4n) is 3.61. The molecule has 146 valence electrons. The third-order valence-corrected chi connectivity index (χ3v) is 4.79. The molecular formula is C25H21Cl3Ti. The first-order chi connectivity index (χ1) is 12.4. The monoisotopic (exact) mass is 474 g/mol. The van der Waals surface area contributed by atoms with Gasteiger partial charge in [-0.3, -0.25) is 6.08 Å². The van der Waals surface area contributed by atoms with Crippen molar-refractivity contribution in [3.05, 3.63) is 131 Å². The Balaban J connectivity index is 0.00000196. The molecule has 0 aromatic heterocycles. The van der Waals surface area contributed by atoms with E-state index in [1.54, 1.807) is 0 Å². The van der Waals surface area contributed by atoms with Crippen LogP contribution >= 0.6 is 0 Å². The van der Waals surface area contributed by atoms with Crippen LogP contribution in [0.4, 0.5) is 0 Å². The molecular weight excluding hydrogens is 455 g/mol. The summed E-state index contributed by atoms with van der Waals surface area (Å²) < 4.78 is 0. The van der Waals surface area contributed by atoms with E-state index in [1.807, 2.05) is 0 Å². The summed E-state index contributed by atoms with van der Waals surface area (Å²) in [5, 5.41) is 0. The van der Waals surface area contributed by atoms with Gasteiger partial charge in [0.15, 0.2) is 0 Å². The molecule has 3 aromatic carbocycles. The second kappa shape index (κ2) is 13.9. The number of allylic oxidation sites excluding steroid dienone is 4. The zero-order valence-electron chi connectivity index (χ0n) is 15.9. The van der Waals surface area contributed by atoms with Crippen LogP contribution in [0.25, 0.3) is 0 Å². The van der Waals surface area contributed by atoms with E-state index in [4.69, 9.17) is 0 Å². The Kier molecular flexibility index (Phi) is 13.2. The molecule has 0 heterocycles. The van der Waals surface area contributed by atoms with E-state index in [0.29, 0.717) is 0 Å². The normalized spacial score (nSPS) is 11.8. The van der Waals surface area contributed by atoms with Crippen LogP contribution in [-0.4, -0.2) is 0 Å². The van der Waals surface area contributed by atoms with E-state index in [-0.39, 0.29) is 64.9 Å². The van der Waals surface area contributed by atoms with E-state index >= 15 is 0 Å². The van der Waals surface area contributed by atoms with Crippen LogP contribution < -0.4 is 37.2 Å². The van der Waals surface area contributed by atoms with Crippen molar-refractivity contribution in [2.24, 2.45) is 0 Å². The zero-order valence-corrected chi connectivity index (χ0v) is 19.7. The van der Waals surface area contributed by atoms with Crippen molar-refractivity contribution in [2.75, 3.05) is 0 Å². The molecule has 0 saturated carbocycles. The van der Waals surface area contributed by atoms with Gasteiger partial charge in [0.05, 0.1) is 0 Å². The smallest absolute Gasteiger partial charge is 1.00 e. The molecule has 0 radical (unpaired) electrons. The Labute approximate surface area is 207 Å². The third-order valence-electron chi connectivity index (χ3n) is 4.79. The first kappa shape index (κ1) is 27.7. The van der Waals surface area contributed by atoms with Crippen molar-refractivity contribution in [1.82, 2.24) is 0 Å². The molecule has 0 saturated heterocycles. The average molecular weight is 476 g/mol. The topological polar surface area (TPSA) is 0 Å². The van der Waals surface area contributed by atoms with Gasteiger partial charge >= 0.3 is 21.7 Å². The minimum atomic E-state index is 0. The summed E-state index contributed by atoms with van der Waals surface area (Å²) in [5.74, 6) is 0.274. The van der Waals surface area contributed by atoms with Crippen LogP contribution in [0.1, 0.15) is 29.0 Å². The fourth-order valence-corrected chi connectivity index (χ4v) is 3.61. The molecule has 0 spiro atoms. The predicted molar refractivity (Wildman–Crippen MR) is 104 cm³/mol. The zero-order chi connectivity index (χ0) is 16.9. The first-order valence-corrected chi connectivity index (χ1v) is 8.86. The second-order valence-corrected chi connectivity index (χ2v) is 6.44. The summed E-state index contributed by atoms with van der Waals surface area (Å²) in [4.78, 5) is 0. The van der Waals surface area contributed by atoms with Gasteiger partial charge < -0.3 is 37.2 Å². The van der Waals surface area contributed by atoms with Gasteiger partial charge in [-0.2, -0.15) is 11.6 Å². The largest absolute Gasteiger partial charge is 4.00 e. The molecule has 0 amide bonds. The number of halogens is 3. The maximum atomic E-state index is 3.60. The van der Waals surface area contributed by atoms with Gasteiger partial charge in [0.1, 0.15) is 0 Å². The molecule has 0 atom stereocenters. The summed E-state index contributed by atoms with van der Waals surface area (Å²) in [7, 11) is 0. The molecule has 1 aliphatic carbocycles. The number of hydrogen-bond acceptors (Lipinski definition) is 0. The van der Waals surface area contributed by atoms with Crippen molar-refractivity contribution in [3.63, 3.8) is 0 Å². The van der Waals surface area contributed by atoms with Crippen molar-refractivity contribution in [3.8, 4) is 0 Å². The maximum Gasteiger partial charge on any atom is 4.00 e. The number of benzene rings is 3. The molecule has 0 bridgehead atoms. The molecule has 3 aromatic rings. The molecule has 4 heteroatoms. The summed E-state index contributed by atoms with van der Waals surface area (Å²) in [6.07, 6.45) is 7.81. The van der Waals surface area contributed by atoms with Crippen molar-refractivity contribution >= 4 is 0 Å². The van der Waals surface area contributed by atoms with Gasteiger partial charge in [-0.25, -0.2) is 5.57 Å². The molecule has 0 aliphatic heterocycles. The standard InChI is InChI=1S/C25H21.3ClH.Ti/c1-4-11-20(12-5-1)19-23-17-10-18-24(23)25(21-13-6-2-7-14-21)22-15-8-3-9-16-22;;;;/h1-9,11-16,18,25H,10,19H2;3*1H;/q-1;;;;+4/p-3. The summed E-state index contributed by atoms with van der Waals surface area (Å²) in [5.41, 5.74) is 6.77. The van der Waals surface area contributed by atoms with Gasteiger partial charge in [-0.15, -0.1) is 6.42 Å². The predicted octanol–water partition coefficient (Wildman–Crippen LogP) is -2.87. The van der Waals surface area contributed by atoms with E-state index in [1.165, 1.54) is 27.8 Å². The molecule has 0 nitrogen and oxygen atoms in total. The summed E-state index contributed by atoms with van der Waals surface area (Å²) in [6.45, 7) is 0. The minimum absolute atomic E-state index is 0. The molecule has 0 N–H and O–H groups in total. The van der Waals surface area contributed by atoms with Gasteiger partial charge in [-0.05, 0) is 17.9 Å². The molecule has 4 rings (SSSR count). The third kappa shape index (κ3) is 6.88. The van der Waals surface area contributed by atoms with Gasteiger partial charge in [0, 0.05) is 0 Å². The van der Waals surface area contributed by atoms with Crippen LogP contribution in [0.15, 0.2) is 108 Å². The van der Waals surface area contributed by atoms with Gasteiger partial charge in [-0.1, -0.05) is 102 Å². The van der Waals surface area contributed by atoms with Crippen molar-refractivity contribution in [1.29, 1.82) is 0 Å². The molecule has 0 unspecified atom stereocenters. The minimum Gasteiger partial charge on any atom is -1.00 e. The summed E-state index contributed by atoms with van der Waals surface area (Å²) in [6, 6.07) is 32.3. The summed E-state index contributed by atoms with van der Waals surface area (Å²) >= 11 is 0. The maximum absolute atomic E-state index is 3.60. The van der Waals surface area contributed by atoms with Crippen LogP contribution in [-0.2, 0) is 28.1 Å². The number of hydrogen-bond donors (Lipinski definition) is 0. The second-order valence-electron chi connectivity index (χ2n) is 6.44. The van der Waals surface area contributed by atoms with Crippen molar-refractivity contribution < 1.29 is 58.9 Å². The first-order valence-electron chi connectivity index (χ1n) is 8.86. The van der Waals surface area contributed by atoms with E-state index < -0.39 is 0 Å². The number of rotatable bonds is 5. The Morgan fingerprint density at radius 3 is 1.59 bits per heavy atom. The average Bonchev–Trinajstić information content (AvgIpc) is 3.12. The van der Waals surface area contributed by atoms with Gasteiger partial charge in [0.2, 0.25) is 0 Å². The Hall–Kier alpha value is -1.28. The van der Waals surface area contributed by atoms with E-state index in [2.05, 4.69) is 103 Å². The Morgan fingerprint density at radius 1 is 0.655 bits per heavy atom. The van der Waals surface area contributed by atoms with Crippen LogP contribution in [0, 0.1) is 6.08 Å². The van der Waals surface area contributed by atoms with Crippen LogP contribution in [0.3, 0.4) is 0 Å². The van der Waals surface area contributed by atoms with Gasteiger partial charge in [0.25, 0.3) is 0 Å². The Morgan fingerprint density at radius 2 is 1.10 bits per heavy atom. The fraction of sp³-hybridized carbons (Fsp3) is 0.120. The van der Waals surface area contributed by atoms with Crippen LogP contribution in [0.2, 0.25) is 0 Å².